The van der Waals surface area contributed by atoms with Crippen molar-refractivity contribution in [3.05, 3.63) is 65.2 Å². The smallest absolute Gasteiger partial charge is 0.167 e. The van der Waals surface area contributed by atoms with Crippen molar-refractivity contribution in [3.63, 3.8) is 0 Å². The third kappa shape index (κ3) is 3.02. The van der Waals surface area contributed by atoms with Gasteiger partial charge in [0.25, 0.3) is 0 Å². The van der Waals surface area contributed by atoms with Crippen LogP contribution in [0.25, 0.3) is 0 Å². The van der Waals surface area contributed by atoms with Crippen molar-refractivity contribution in [2.45, 2.75) is 19.4 Å². The Labute approximate surface area is 137 Å². The summed E-state index contributed by atoms with van der Waals surface area (Å²) < 4.78 is 5.34. The number of hydrogen-bond acceptors (Lipinski definition) is 3. The first-order valence-corrected chi connectivity index (χ1v) is 8.08. The monoisotopic (exact) mass is 309 g/mol. The third-order valence-electron chi connectivity index (χ3n) is 4.80. The zero-order valence-corrected chi connectivity index (χ0v) is 14.0. The van der Waals surface area contributed by atoms with E-state index >= 15 is 0 Å². The third-order valence-corrected chi connectivity index (χ3v) is 4.80. The lowest BCUT2D eigenvalue weighted by atomic mass is 10.00. The molecule has 0 saturated heterocycles. The first-order chi connectivity index (χ1) is 11.1. The van der Waals surface area contributed by atoms with Gasteiger partial charge in [0.1, 0.15) is 5.75 Å². The van der Waals surface area contributed by atoms with Crippen LogP contribution in [0.15, 0.2) is 48.5 Å². The molecule has 3 rings (SSSR count). The molecular formula is C20H23NO2. The van der Waals surface area contributed by atoms with Gasteiger partial charge >= 0.3 is 0 Å². The highest BCUT2D eigenvalue weighted by atomic mass is 16.5. The summed E-state index contributed by atoms with van der Waals surface area (Å²) in [5.74, 6) is 1.03. The highest BCUT2D eigenvalue weighted by molar-refractivity contribution is 6.03. The molecule has 0 radical (unpaired) electrons. The van der Waals surface area contributed by atoms with Crippen LogP contribution in [0.5, 0.6) is 5.75 Å². The molecule has 2 aromatic carbocycles. The number of nitrogens with zero attached hydrogens (tertiary/aromatic N) is 1. The quantitative estimate of drug-likeness (QED) is 0.842. The van der Waals surface area contributed by atoms with Gasteiger partial charge < -0.3 is 4.74 Å². The predicted molar refractivity (Wildman–Crippen MR) is 92.0 cm³/mol. The van der Waals surface area contributed by atoms with Crippen molar-refractivity contribution in [1.82, 2.24) is 4.90 Å². The molecule has 2 unspecified atom stereocenters. The summed E-state index contributed by atoms with van der Waals surface area (Å²) in [6.45, 7) is 2.95. The summed E-state index contributed by atoms with van der Waals surface area (Å²) in [5.41, 5.74) is 3.26. The molecule has 0 saturated carbocycles. The van der Waals surface area contributed by atoms with Crippen molar-refractivity contribution in [1.29, 1.82) is 0 Å². The number of rotatable bonds is 5. The average Bonchev–Trinajstić information content (AvgIpc) is 2.84. The highest BCUT2D eigenvalue weighted by Gasteiger charge is 2.38. The minimum atomic E-state index is -0.0159. The normalized spacial score (nSPS) is 19.9. The topological polar surface area (TPSA) is 29.5 Å². The van der Waals surface area contributed by atoms with Crippen LogP contribution in [0, 0.1) is 5.92 Å². The molecule has 23 heavy (non-hydrogen) atoms. The molecule has 0 amide bonds. The van der Waals surface area contributed by atoms with E-state index in [1.165, 1.54) is 5.56 Å². The molecule has 0 aliphatic heterocycles. The van der Waals surface area contributed by atoms with Crippen molar-refractivity contribution in [3.8, 4) is 5.75 Å². The van der Waals surface area contributed by atoms with Gasteiger partial charge in [0.15, 0.2) is 5.78 Å². The van der Waals surface area contributed by atoms with E-state index in [9.17, 15) is 4.79 Å². The average molecular weight is 309 g/mol. The van der Waals surface area contributed by atoms with Crippen LogP contribution in [-0.4, -0.2) is 31.4 Å². The van der Waals surface area contributed by atoms with Crippen LogP contribution in [0.1, 0.15) is 34.5 Å². The largest absolute Gasteiger partial charge is 0.497 e. The minimum Gasteiger partial charge on any atom is -0.497 e. The Morgan fingerprint density at radius 2 is 1.87 bits per heavy atom. The summed E-state index contributed by atoms with van der Waals surface area (Å²) in [6, 6.07) is 16.4. The first-order valence-electron chi connectivity index (χ1n) is 8.08. The molecule has 0 N–H and O–H groups in total. The van der Waals surface area contributed by atoms with Gasteiger partial charge in [-0.25, -0.2) is 0 Å². The zero-order valence-electron chi connectivity index (χ0n) is 14.0. The lowest BCUT2D eigenvalue weighted by molar-refractivity contribution is 0.0877. The number of hydrogen-bond donors (Lipinski definition) is 0. The summed E-state index contributed by atoms with van der Waals surface area (Å²) >= 11 is 0. The highest BCUT2D eigenvalue weighted by Crippen LogP contribution is 2.41. The summed E-state index contributed by atoms with van der Waals surface area (Å²) in [6.07, 6.45) is 0.980. The number of carbonyl (C=O) groups excluding carboxylic acids is 1. The molecule has 2 aromatic rings. The zero-order chi connectivity index (χ0) is 16.4. The molecule has 120 valence electrons. The maximum atomic E-state index is 12.5. The van der Waals surface area contributed by atoms with Gasteiger partial charge in [-0.15, -0.1) is 0 Å². The van der Waals surface area contributed by atoms with Gasteiger partial charge in [-0.05, 0) is 42.8 Å². The standard InChI is InChI=1S/C20H23NO2/c1-14-19(21(2)12-11-15-7-5-4-6-8-15)18-13-16(23-3)9-10-17(18)20(14)22/h4-10,13-14,19H,11-12H2,1-3H3. The summed E-state index contributed by atoms with van der Waals surface area (Å²) in [7, 11) is 3.77. The number of methoxy groups -OCH3 is 1. The van der Waals surface area contributed by atoms with Crippen LogP contribution in [0.2, 0.25) is 0 Å². The molecule has 1 aliphatic rings. The molecule has 3 nitrogen and oxygen atoms in total. The van der Waals surface area contributed by atoms with E-state index in [0.717, 1.165) is 29.8 Å². The van der Waals surface area contributed by atoms with E-state index < -0.39 is 0 Å². The number of likely N-dealkylation sites (N-methyl/N-ethyl adjacent to an activating group) is 1. The molecule has 0 heterocycles. The van der Waals surface area contributed by atoms with Crippen LogP contribution in [0.4, 0.5) is 0 Å². The summed E-state index contributed by atoms with van der Waals surface area (Å²) in [5, 5.41) is 0. The number of ketones is 1. The van der Waals surface area contributed by atoms with Crippen LogP contribution >= 0.6 is 0 Å². The Kier molecular flexibility index (Phi) is 4.49. The van der Waals surface area contributed by atoms with Crippen molar-refractivity contribution in [2.75, 3.05) is 20.7 Å². The Hall–Kier alpha value is -2.13. The molecular weight excluding hydrogens is 286 g/mol. The van der Waals surface area contributed by atoms with Crippen LogP contribution in [-0.2, 0) is 6.42 Å². The molecule has 0 spiro atoms. The molecule has 2 atom stereocenters. The predicted octanol–water partition coefficient (Wildman–Crippen LogP) is 3.74. The van der Waals surface area contributed by atoms with Gasteiger partial charge in [0, 0.05) is 24.1 Å². The first kappa shape index (κ1) is 15.8. The van der Waals surface area contributed by atoms with Gasteiger partial charge in [0.2, 0.25) is 0 Å². The fourth-order valence-electron chi connectivity index (χ4n) is 3.50. The Bertz CT molecular complexity index is 696. The molecule has 0 aromatic heterocycles. The second-order valence-corrected chi connectivity index (χ2v) is 6.27. The van der Waals surface area contributed by atoms with E-state index in [2.05, 4.69) is 36.2 Å². The minimum absolute atomic E-state index is 0.0159. The van der Waals surface area contributed by atoms with E-state index in [0.29, 0.717) is 0 Å². The van der Waals surface area contributed by atoms with E-state index in [-0.39, 0.29) is 17.7 Å². The Morgan fingerprint density at radius 1 is 1.13 bits per heavy atom. The van der Waals surface area contributed by atoms with Crippen LogP contribution < -0.4 is 4.74 Å². The van der Waals surface area contributed by atoms with E-state index in [1.807, 2.05) is 31.2 Å². The number of fused-ring (bicyclic) bond motifs is 1. The van der Waals surface area contributed by atoms with Gasteiger partial charge in [-0.2, -0.15) is 0 Å². The molecule has 1 aliphatic carbocycles. The molecule has 3 heteroatoms. The number of Topliss-reactive ketones (excluding diaryl/α,β-unsaturated/α-hetero) is 1. The van der Waals surface area contributed by atoms with E-state index in [1.54, 1.807) is 7.11 Å². The van der Waals surface area contributed by atoms with E-state index in [4.69, 9.17) is 4.74 Å². The second kappa shape index (κ2) is 6.55. The van der Waals surface area contributed by atoms with Crippen molar-refractivity contribution in [2.24, 2.45) is 5.92 Å². The number of benzene rings is 2. The van der Waals surface area contributed by atoms with Gasteiger partial charge in [0.05, 0.1) is 7.11 Å². The fourth-order valence-corrected chi connectivity index (χ4v) is 3.50. The Morgan fingerprint density at radius 3 is 2.57 bits per heavy atom. The number of carbonyl (C=O) groups is 1. The van der Waals surface area contributed by atoms with Crippen molar-refractivity contribution < 1.29 is 9.53 Å². The number of ether oxygens (including phenoxy) is 1. The second-order valence-electron chi connectivity index (χ2n) is 6.27. The van der Waals surface area contributed by atoms with Gasteiger partial charge in [-0.3, -0.25) is 9.69 Å². The van der Waals surface area contributed by atoms with Crippen LogP contribution in [0.3, 0.4) is 0 Å². The maximum absolute atomic E-state index is 12.5. The molecule has 0 fully saturated rings. The fraction of sp³-hybridized carbons (Fsp3) is 0.350. The summed E-state index contributed by atoms with van der Waals surface area (Å²) in [4.78, 5) is 14.8. The van der Waals surface area contributed by atoms with Crippen molar-refractivity contribution >= 4 is 5.78 Å². The lowest BCUT2D eigenvalue weighted by Gasteiger charge is -2.28. The lowest BCUT2D eigenvalue weighted by Crippen LogP contribution is -2.30. The molecule has 0 bridgehead atoms. The maximum Gasteiger partial charge on any atom is 0.167 e. The van der Waals surface area contributed by atoms with Gasteiger partial charge in [-0.1, -0.05) is 37.3 Å². The Balaban J connectivity index is 1.80. The SMILES string of the molecule is COc1ccc2c(c1)C(N(C)CCc1ccccc1)C(C)C2=O.